The van der Waals surface area contributed by atoms with Crippen LogP contribution in [0.25, 0.3) is 0 Å². The fourth-order valence-corrected chi connectivity index (χ4v) is 5.49. The van der Waals surface area contributed by atoms with Gasteiger partial charge in [-0.3, -0.25) is 4.79 Å². The molecule has 0 bridgehead atoms. The van der Waals surface area contributed by atoms with Gasteiger partial charge in [-0.2, -0.15) is 4.31 Å². The summed E-state index contributed by atoms with van der Waals surface area (Å²) >= 11 is 0. The lowest BCUT2D eigenvalue weighted by Gasteiger charge is -2.21. The summed E-state index contributed by atoms with van der Waals surface area (Å²) < 4.78 is 37.9. The van der Waals surface area contributed by atoms with E-state index in [1.807, 2.05) is 0 Å². The summed E-state index contributed by atoms with van der Waals surface area (Å²) in [6, 6.07) is 4.41. The van der Waals surface area contributed by atoms with E-state index in [0.717, 1.165) is 25.7 Å². The molecule has 0 saturated carbocycles. The Morgan fingerprint density at radius 1 is 1.06 bits per heavy atom. The number of aryl methyl sites for hydroxylation is 1. The Hall–Kier alpha value is -2.85. The van der Waals surface area contributed by atoms with Gasteiger partial charge in [0.15, 0.2) is 0 Å². The predicted octanol–water partition coefficient (Wildman–Crippen LogP) is 3.24. The van der Waals surface area contributed by atoms with E-state index < -0.39 is 21.9 Å². The Morgan fingerprint density at radius 2 is 1.72 bits per heavy atom. The van der Waals surface area contributed by atoms with E-state index in [0.29, 0.717) is 35.7 Å². The molecule has 2 heterocycles. The number of amides is 1. The normalized spacial score (nSPS) is 15.1. The van der Waals surface area contributed by atoms with Gasteiger partial charge in [0, 0.05) is 18.8 Å². The van der Waals surface area contributed by atoms with Gasteiger partial charge in [0.2, 0.25) is 10.0 Å². The number of methoxy groups -OCH3 is 2. The van der Waals surface area contributed by atoms with Gasteiger partial charge in [0.25, 0.3) is 5.91 Å². The molecule has 1 aromatic carbocycles. The van der Waals surface area contributed by atoms with Crippen molar-refractivity contribution in [3.05, 3.63) is 40.7 Å². The first-order valence-corrected chi connectivity index (χ1v) is 11.9. The highest BCUT2D eigenvalue weighted by molar-refractivity contribution is 7.89. The van der Waals surface area contributed by atoms with Crippen molar-refractivity contribution in [2.24, 2.45) is 0 Å². The number of aromatic amines is 1. The van der Waals surface area contributed by atoms with Crippen LogP contribution in [0.2, 0.25) is 0 Å². The second-order valence-corrected chi connectivity index (χ2v) is 9.69. The van der Waals surface area contributed by atoms with E-state index in [-0.39, 0.29) is 16.3 Å². The van der Waals surface area contributed by atoms with Crippen molar-refractivity contribution in [3.8, 4) is 5.75 Å². The van der Waals surface area contributed by atoms with Crippen LogP contribution < -0.4 is 10.1 Å². The van der Waals surface area contributed by atoms with Gasteiger partial charge in [-0.05, 0) is 50.5 Å². The van der Waals surface area contributed by atoms with E-state index in [2.05, 4.69) is 10.3 Å². The van der Waals surface area contributed by atoms with Gasteiger partial charge in [-0.15, -0.1) is 0 Å². The third kappa shape index (κ3) is 4.66. The minimum absolute atomic E-state index is 0.0881. The molecule has 2 aromatic rings. The van der Waals surface area contributed by atoms with Crippen LogP contribution in [-0.4, -0.2) is 56.9 Å². The summed E-state index contributed by atoms with van der Waals surface area (Å²) in [5, 5.41) is 2.71. The smallest absolute Gasteiger partial charge is 0.339 e. The molecule has 1 amide bonds. The number of esters is 1. The topological polar surface area (TPSA) is 118 Å². The molecule has 174 valence electrons. The number of aromatic nitrogens is 1. The number of nitrogens with one attached hydrogen (secondary N) is 2. The zero-order valence-electron chi connectivity index (χ0n) is 18.8. The van der Waals surface area contributed by atoms with Crippen molar-refractivity contribution >= 4 is 27.6 Å². The number of hydrogen-bond acceptors (Lipinski definition) is 6. The van der Waals surface area contributed by atoms with Gasteiger partial charge in [-0.25, -0.2) is 13.2 Å². The first-order valence-electron chi connectivity index (χ1n) is 10.5. The molecule has 1 aliphatic rings. The molecule has 32 heavy (non-hydrogen) atoms. The molecule has 3 rings (SSSR count). The Bertz CT molecular complexity index is 1110. The lowest BCUT2D eigenvalue weighted by atomic mass is 10.1. The second-order valence-electron chi connectivity index (χ2n) is 7.75. The summed E-state index contributed by atoms with van der Waals surface area (Å²) in [5.41, 5.74) is 1.65. The fraction of sp³-hybridized carbons (Fsp3) is 0.455. The number of sulfonamides is 1. The van der Waals surface area contributed by atoms with Crippen molar-refractivity contribution in [1.29, 1.82) is 0 Å². The first-order chi connectivity index (χ1) is 15.2. The van der Waals surface area contributed by atoms with Crippen LogP contribution in [0.4, 0.5) is 5.69 Å². The van der Waals surface area contributed by atoms with Crippen LogP contribution in [0.1, 0.15) is 57.8 Å². The Balaban J connectivity index is 1.93. The van der Waals surface area contributed by atoms with Crippen molar-refractivity contribution < 1.29 is 27.5 Å². The summed E-state index contributed by atoms with van der Waals surface area (Å²) in [5.74, 6) is -0.746. The van der Waals surface area contributed by atoms with Crippen molar-refractivity contribution in [3.63, 3.8) is 0 Å². The minimum Gasteiger partial charge on any atom is -0.495 e. The van der Waals surface area contributed by atoms with E-state index in [1.54, 1.807) is 13.8 Å². The van der Waals surface area contributed by atoms with Gasteiger partial charge >= 0.3 is 5.97 Å². The number of carbonyl (C=O) groups excluding carboxylic acids is 2. The third-order valence-electron chi connectivity index (χ3n) is 5.68. The molecule has 2 N–H and O–H groups in total. The SMILES string of the molecule is COC(=O)c1c(C)[nH]c(C(=O)Nc2cc(S(=O)(=O)N3CCCCCC3)ccc2OC)c1C. The lowest BCUT2D eigenvalue weighted by molar-refractivity contribution is 0.0599. The van der Waals surface area contributed by atoms with E-state index >= 15 is 0 Å². The molecule has 0 spiro atoms. The molecule has 1 fully saturated rings. The molecule has 1 aliphatic heterocycles. The molecule has 9 nitrogen and oxygen atoms in total. The zero-order chi connectivity index (χ0) is 23.5. The molecule has 1 aromatic heterocycles. The number of benzene rings is 1. The molecule has 0 atom stereocenters. The highest BCUT2D eigenvalue weighted by Crippen LogP contribution is 2.31. The first kappa shape index (κ1) is 23.8. The maximum atomic E-state index is 13.2. The van der Waals surface area contributed by atoms with E-state index in [1.165, 1.54) is 36.7 Å². The number of H-pyrrole nitrogens is 1. The average Bonchev–Trinajstić information content (AvgIpc) is 2.94. The van der Waals surface area contributed by atoms with Crippen LogP contribution in [0.5, 0.6) is 5.75 Å². The molecule has 0 radical (unpaired) electrons. The van der Waals surface area contributed by atoms with Crippen LogP contribution in [0, 0.1) is 13.8 Å². The van der Waals surface area contributed by atoms with Crippen LogP contribution in [0.15, 0.2) is 23.1 Å². The van der Waals surface area contributed by atoms with Crippen molar-refractivity contribution in [2.75, 3.05) is 32.6 Å². The fourth-order valence-electron chi connectivity index (χ4n) is 3.95. The number of nitrogens with zero attached hydrogens (tertiary/aromatic N) is 1. The largest absolute Gasteiger partial charge is 0.495 e. The second kappa shape index (κ2) is 9.74. The Morgan fingerprint density at radius 3 is 2.31 bits per heavy atom. The van der Waals surface area contributed by atoms with E-state index in [9.17, 15) is 18.0 Å². The number of hydrogen-bond donors (Lipinski definition) is 2. The summed E-state index contributed by atoms with van der Waals surface area (Å²) in [6.45, 7) is 4.27. The van der Waals surface area contributed by atoms with Crippen LogP contribution in [-0.2, 0) is 14.8 Å². The number of ether oxygens (including phenoxy) is 2. The number of anilines is 1. The summed E-state index contributed by atoms with van der Waals surface area (Å²) in [7, 11) is -0.990. The van der Waals surface area contributed by atoms with E-state index in [4.69, 9.17) is 9.47 Å². The molecular formula is C22H29N3O6S. The van der Waals surface area contributed by atoms with Crippen LogP contribution in [0.3, 0.4) is 0 Å². The number of rotatable bonds is 6. The van der Waals surface area contributed by atoms with Gasteiger partial charge in [0.1, 0.15) is 11.4 Å². The van der Waals surface area contributed by atoms with Gasteiger partial charge in [0.05, 0.1) is 30.4 Å². The molecule has 0 aliphatic carbocycles. The third-order valence-corrected chi connectivity index (χ3v) is 7.57. The van der Waals surface area contributed by atoms with Crippen LogP contribution >= 0.6 is 0 Å². The monoisotopic (exact) mass is 463 g/mol. The number of carbonyl (C=O) groups is 2. The van der Waals surface area contributed by atoms with Crippen molar-refractivity contribution in [1.82, 2.24) is 9.29 Å². The Kier molecular flexibility index (Phi) is 7.25. The van der Waals surface area contributed by atoms with Crippen molar-refractivity contribution in [2.45, 2.75) is 44.4 Å². The van der Waals surface area contributed by atoms with Gasteiger partial charge in [-0.1, -0.05) is 12.8 Å². The highest BCUT2D eigenvalue weighted by atomic mass is 32.2. The standard InChI is InChI=1S/C22H29N3O6S/c1-14-19(22(27)31-4)15(2)23-20(14)21(26)24-17-13-16(9-10-18(17)30-3)32(28,29)25-11-7-5-6-8-12-25/h9-10,13,23H,5-8,11-12H2,1-4H3,(H,24,26). The quantitative estimate of drug-likeness (QED) is 0.635. The molecule has 1 saturated heterocycles. The average molecular weight is 464 g/mol. The summed E-state index contributed by atoms with van der Waals surface area (Å²) in [6.07, 6.45) is 3.68. The zero-order valence-corrected chi connectivity index (χ0v) is 19.6. The van der Waals surface area contributed by atoms with Gasteiger partial charge < -0.3 is 19.8 Å². The minimum atomic E-state index is -3.70. The predicted molar refractivity (Wildman–Crippen MR) is 120 cm³/mol. The highest BCUT2D eigenvalue weighted by Gasteiger charge is 2.27. The lowest BCUT2D eigenvalue weighted by Crippen LogP contribution is -2.32. The molecule has 0 unspecified atom stereocenters. The summed E-state index contributed by atoms with van der Waals surface area (Å²) in [4.78, 5) is 28.0. The molecular weight excluding hydrogens is 434 g/mol. The molecule has 10 heteroatoms. The maximum Gasteiger partial charge on any atom is 0.339 e. The Labute approximate surface area is 188 Å². The maximum absolute atomic E-state index is 13.2.